The van der Waals surface area contributed by atoms with Crippen LogP contribution < -0.4 is 10.2 Å². The maximum absolute atomic E-state index is 4.82. The zero-order valence-electron chi connectivity index (χ0n) is 17.3. The van der Waals surface area contributed by atoms with E-state index in [2.05, 4.69) is 81.6 Å². The quantitative estimate of drug-likeness (QED) is 0.679. The molecule has 0 radical (unpaired) electrons. The first-order chi connectivity index (χ1) is 14.2. The van der Waals surface area contributed by atoms with E-state index in [1.54, 1.807) is 0 Å². The summed E-state index contributed by atoms with van der Waals surface area (Å²) >= 11 is 0. The number of hydrogen-bond donors (Lipinski definition) is 1. The Bertz CT molecular complexity index is 933. The standard InChI is InChI=1S/C24H29N5/c1-3-21-11-7-8-12-22(21)26-24-25-19(2)17-23(27-24)29-15-13-28(14-16-29)18-20-9-5-4-6-10-20/h4-12,17H,3,13-16,18H2,1-2H3,(H,25,26,27). The zero-order valence-corrected chi connectivity index (χ0v) is 17.3. The number of aromatic nitrogens is 2. The van der Waals surface area contributed by atoms with E-state index in [0.29, 0.717) is 5.95 Å². The summed E-state index contributed by atoms with van der Waals surface area (Å²) in [7, 11) is 0. The van der Waals surface area contributed by atoms with Gasteiger partial charge in [0.15, 0.2) is 0 Å². The number of aryl methyl sites for hydroxylation is 2. The Morgan fingerprint density at radius 3 is 2.38 bits per heavy atom. The molecule has 0 aliphatic carbocycles. The predicted molar refractivity (Wildman–Crippen MR) is 120 cm³/mol. The first-order valence-electron chi connectivity index (χ1n) is 10.4. The Balaban J connectivity index is 1.43. The molecule has 0 bridgehead atoms. The van der Waals surface area contributed by atoms with E-state index in [0.717, 1.165) is 56.3 Å². The number of anilines is 3. The SMILES string of the molecule is CCc1ccccc1Nc1nc(C)cc(N2CCN(Cc3ccccc3)CC2)n1. The average molecular weight is 388 g/mol. The number of nitrogens with one attached hydrogen (secondary N) is 1. The van der Waals surface area contributed by atoms with Crippen LogP contribution in [0.4, 0.5) is 17.5 Å². The van der Waals surface area contributed by atoms with Crippen molar-refractivity contribution in [3.8, 4) is 0 Å². The molecule has 0 spiro atoms. The van der Waals surface area contributed by atoms with E-state index in [-0.39, 0.29) is 0 Å². The number of para-hydroxylation sites is 1. The Morgan fingerprint density at radius 2 is 1.62 bits per heavy atom. The van der Waals surface area contributed by atoms with Gasteiger partial charge in [0, 0.05) is 50.2 Å². The number of nitrogens with zero attached hydrogens (tertiary/aromatic N) is 4. The van der Waals surface area contributed by atoms with Crippen molar-refractivity contribution in [1.29, 1.82) is 0 Å². The summed E-state index contributed by atoms with van der Waals surface area (Å²) in [6.07, 6.45) is 0.977. The minimum Gasteiger partial charge on any atom is -0.354 e. The molecule has 1 aliphatic heterocycles. The lowest BCUT2D eigenvalue weighted by Crippen LogP contribution is -2.46. The van der Waals surface area contributed by atoms with Gasteiger partial charge in [-0.2, -0.15) is 4.98 Å². The maximum atomic E-state index is 4.82. The molecule has 4 rings (SSSR count). The molecule has 0 amide bonds. The molecule has 1 fully saturated rings. The first kappa shape index (κ1) is 19.4. The Hall–Kier alpha value is -2.92. The highest BCUT2D eigenvalue weighted by Gasteiger charge is 2.19. The molecule has 5 nitrogen and oxygen atoms in total. The van der Waals surface area contributed by atoms with Crippen molar-refractivity contribution in [2.45, 2.75) is 26.8 Å². The monoisotopic (exact) mass is 387 g/mol. The van der Waals surface area contributed by atoms with Crippen molar-refractivity contribution in [2.24, 2.45) is 0 Å². The van der Waals surface area contributed by atoms with Crippen LogP contribution in [0.1, 0.15) is 23.7 Å². The Morgan fingerprint density at radius 1 is 0.897 bits per heavy atom. The van der Waals surface area contributed by atoms with E-state index in [4.69, 9.17) is 4.98 Å². The van der Waals surface area contributed by atoms with Crippen molar-refractivity contribution < 1.29 is 0 Å². The third-order valence-corrected chi connectivity index (χ3v) is 5.43. The maximum Gasteiger partial charge on any atom is 0.229 e. The fourth-order valence-electron chi connectivity index (χ4n) is 3.82. The minimum absolute atomic E-state index is 0.674. The van der Waals surface area contributed by atoms with Crippen molar-refractivity contribution in [3.63, 3.8) is 0 Å². The molecule has 0 saturated carbocycles. The number of piperazine rings is 1. The highest BCUT2D eigenvalue weighted by atomic mass is 15.3. The Kier molecular flexibility index (Phi) is 6.06. The van der Waals surface area contributed by atoms with Crippen molar-refractivity contribution in [3.05, 3.63) is 77.5 Å². The molecule has 3 aromatic rings. The van der Waals surface area contributed by atoms with Gasteiger partial charge < -0.3 is 10.2 Å². The van der Waals surface area contributed by atoms with Crippen LogP contribution in [0.2, 0.25) is 0 Å². The Labute approximate surface area is 173 Å². The summed E-state index contributed by atoms with van der Waals surface area (Å²) in [5.41, 5.74) is 4.71. The number of hydrogen-bond acceptors (Lipinski definition) is 5. The summed E-state index contributed by atoms with van der Waals surface area (Å²) in [5.74, 6) is 1.68. The second-order valence-corrected chi connectivity index (χ2v) is 7.58. The van der Waals surface area contributed by atoms with Crippen LogP contribution in [-0.4, -0.2) is 41.0 Å². The first-order valence-corrected chi connectivity index (χ1v) is 10.4. The van der Waals surface area contributed by atoms with E-state index in [9.17, 15) is 0 Å². The molecule has 0 atom stereocenters. The van der Waals surface area contributed by atoms with Crippen LogP contribution in [0.3, 0.4) is 0 Å². The molecular weight excluding hydrogens is 358 g/mol. The lowest BCUT2D eigenvalue weighted by atomic mass is 10.1. The van der Waals surface area contributed by atoms with Crippen LogP contribution in [-0.2, 0) is 13.0 Å². The highest BCUT2D eigenvalue weighted by Crippen LogP contribution is 2.22. The van der Waals surface area contributed by atoms with Gasteiger partial charge in [0.1, 0.15) is 5.82 Å². The summed E-state index contributed by atoms with van der Waals surface area (Å²) in [6.45, 7) is 9.26. The van der Waals surface area contributed by atoms with E-state index >= 15 is 0 Å². The van der Waals surface area contributed by atoms with E-state index in [1.165, 1.54) is 11.1 Å². The third kappa shape index (κ3) is 4.93. The fraction of sp³-hybridized carbons (Fsp3) is 0.333. The van der Waals surface area contributed by atoms with Gasteiger partial charge in [-0.05, 0) is 30.5 Å². The summed E-state index contributed by atoms with van der Waals surface area (Å²) in [5, 5.41) is 3.43. The summed E-state index contributed by atoms with van der Waals surface area (Å²) in [4.78, 5) is 14.3. The summed E-state index contributed by atoms with van der Waals surface area (Å²) in [6, 6.07) is 21.1. The molecule has 2 aromatic carbocycles. The van der Waals surface area contributed by atoms with Crippen LogP contribution in [0.15, 0.2) is 60.7 Å². The largest absolute Gasteiger partial charge is 0.354 e. The normalized spacial score (nSPS) is 14.8. The fourth-order valence-corrected chi connectivity index (χ4v) is 3.82. The van der Waals surface area contributed by atoms with Gasteiger partial charge in [-0.25, -0.2) is 4.98 Å². The molecule has 1 aromatic heterocycles. The molecule has 150 valence electrons. The van der Waals surface area contributed by atoms with E-state index in [1.807, 2.05) is 13.0 Å². The number of benzene rings is 2. The van der Waals surface area contributed by atoms with Gasteiger partial charge in [-0.1, -0.05) is 55.5 Å². The molecule has 0 unspecified atom stereocenters. The van der Waals surface area contributed by atoms with Gasteiger partial charge in [-0.3, -0.25) is 4.90 Å². The second kappa shape index (κ2) is 9.05. The topological polar surface area (TPSA) is 44.3 Å². The van der Waals surface area contributed by atoms with Crippen molar-refractivity contribution >= 4 is 17.5 Å². The van der Waals surface area contributed by atoms with Crippen LogP contribution >= 0.6 is 0 Å². The molecule has 2 heterocycles. The molecule has 1 saturated heterocycles. The van der Waals surface area contributed by atoms with Gasteiger partial charge >= 0.3 is 0 Å². The smallest absolute Gasteiger partial charge is 0.229 e. The lowest BCUT2D eigenvalue weighted by molar-refractivity contribution is 0.249. The van der Waals surface area contributed by atoms with Gasteiger partial charge in [0.05, 0.1) is 0 Å². The van der Waals surface area contributed by atoms with Crippen molar-refractivity contribution in [1.82, 2.24) is 14.9 Å². The second-order valence-electron chi connectivity index (χ2n) is 7.58. The summed E-state index contributed by atoms with van der Waals surface area (Å²) < 4.78 is 0. The van der Waals surface area contributed by atoms with Crippen LogP contribution in [0.5, 0.6) is 0 Å². The van der Waals surface area contributed by atoms with Crippen molar-refractivity contribution in [2.75, 3.05) is 36.4 Å². The lowest BCUT2D eigenvalue weighted by Gasteiger charge is -2.35. The molecule has 29 heavy (non-hydrogen) atoms. The molecule has 1 N–H and O–H groups in total. The number of rotatable bonds is 6. The predicted octanol–water partition coefficient (Wildman–Crippen LogP) is 4.41. The molecular formula is C24H29N5. The van der Waals surface area contributed by atoms with Gasteiger partial charge in [-0.15, -0.1) is 0 Å². The van der Waals surface area contributed by atoms with E-state index < -0.39 is 0 Å². The zero-order chi connectivity index (χ0) is 20.1. The van der Waals surface area contributed by atoms with Crippen LogP contribution in [0, 0.1) is 6.92 Å². The highest BCUT2D eigenvalue weighted by molar-refractivity contribution is 5.60. The van der Waals surface area contributed by atoms with Gasteiger partial charge in [0.2, 0.25) is 5.95 Å². The average Bonchev–Trinajstić information content (AvgIpc) is 2.75. The third-order valence-electron chi connectivity index (χ3n) is 5.43. The van der Waals surface area contributed by atoms with Gasteiger partial charge in [0.25, 0.3) is 0 Å². The molecule has 1 aliphatic rings. The molecule has 5 heteroatoms. The van der Waals surface area contributed by atoms with Crippen LogP contribution in [0.25, 0.3) is 0 Å². The minimum atomic E-state index is 0.674.